The van der Waals surface area contributed by atoms with E-state index in [2.05, 4.69) is 22.3 Å². The Bertz CT molecular complexity index is 1140. The predicted molar refractivity (Wildman–Crippen MR) is 134 cm³/mol. The van der Waals surface area contributed by atoms with E-state index in [-0.39, 0.29) is 18.4 Å². The van der Waals surface area contributed by atoms with E-state index >= 15 is 0 Å². The fourth-order valence-electron chi connectivity index (χ4n) is 3.86. The summed E-state index contributed by atoms with van der Waals surface area (Å²) in [5.41, 5.74) is 5.03. The number of likely N-dealkylation sites (N-methyl/N-ethyl adjacent to an activating group) is 1. The summed E-state index contributed by atoms with van der Waals surface area (Å²) in [6.45, 7) is 6.90. The van der Waals surface area contributed by atoms with Gasteiger partial charge >= 0.3 is 0 Å². The van der Waals surface area contributed by atoms with Crippen LogP contribution >= 0.6 is 11.3 Å². The molecular formula is C26H29N3O3S. The number of hydrogen-bond donors (Lipinski definition) is 1. The third-order valence-corrected chi connectivity index (χ3v) is 7.10. The first-order valence-corrected chi connectivity index (χ1v) is 11.9. The summed E-state index contributed by atoms with van der Waals surface area (Å²) in [5, 5.41) is 4.00. The molecule has 0 radical (unpaired) electrons. The second-order valence-electron chi connectivity index (χ2n) is 8.25. The molecule has 3 aromatic rings. The number of carbonyl (C=O) groups is 2. The second-order valence-corrected chi connectivity index (χ2v) is 9.28. The predicted octanol–water partition coefficient (Wildman–Crippen LogP) is 4.58. The third-order valence-electron chi connectivity index (χ3n) is 5.91. The number of benzene rings is 2. The van der Waals surface area contributed by atoms with Gasteiger partial charge in [0.15, 0.2) is 0 Å². The zero-order chi connectivity index (χ0) is 23.4. The average molecular weight is 464 g/mol. The van der Waals surface area contributed by atoms with Crippen LogP contribution in [0.4, 0.5) is 10.7 Å². The lowest BCUT2D eigenvalue weighted by Gasteiger charge is -2.28. The number of ether oxygens (including phenoxy) is 1. The summed E-state index contributed by atoms with van der Waals surface area (Å²) in [7, 11) is 1.67. The minimum Gasteiger partial charge on any atom is -0.378 e. The van der Waals surface area contributed by atoms with Gasteiger partial charge in [-0.05, 0) is 42.7 Å². The van der Waals surface area contributed by atoms with Crippen molar-refractivity contribution in [1.82, 2.24) is 4.90 Å². The van der Waals surface area contributed by atoms with Crippen molar-refractivity contribution < 1.29 is 14.3 Å². The Labute approximate surface area is 198 Å². The molecule has 1 saturated heterocycles. The number of anilines is 2. The van der Waals surface area contributed by atoms with Crippen LogP contribution in [0.5, 0.6) is 0 Å². The number of aryl methyl sites for hydroxylation is 1. The maximum Gasteiger partial charge on any atom is 0.264 e. The van der Waals surface area contributed by atoms with E-state index in [0.717, 1.165) is 46.0 Å². The minimum absolute atomic E-state index is 0.0162. The normalized spacial score (nSPS) is 13.6. The smallest absolute Gasteiger partial charge is 0.264 e. The Balaban J connectivity index is 1.52. The van der Waals surface area contributed by atoms with Crippen molar-refractivity contribution in [2.45, 2.75) is 13.8 Å². The molecule has 0 aliphatic carbocycles. The van der Waals surface area contributed by atoms with Crippen LogP contribution in [0.3, 0.4) is 0 Å². The Hall–Kier alpha value is -3.16. The van der Waals surface area contributed by atoms with Crippen LogP contribution in [-0.2, 0) is 9.53 Å². The average Bonchev–Trinajstić information content (AvgIpc) is 3.28. The van der Waals surface area contributed by atoms with Gasteiger partial charge in [0.2, 0.25) is 5.91 Å². The molecule has 1 aromatic heterocycles. The largest absolute Gasteiger partial charge is 0.378 e. The zero-order valence-corrected chi connectivity index (χ0v) is 20.1. The van der Waals surface area contributed by atoms with Crippen molar-refractivity contribution in [2.24, 2.45) is 0 Å². The lowest BCUT2D eigenvalue weighted by Crippen LogP contribution is -2.36. The fraction of sp³-hybridized carbons (Fsp3) is 0.308. The van der Waals surface area contributed by atoms with Crippen LogP contribution in [0.25, 0.3) is 11.1 Å². The molecule has 0 bridgehead atoms. The molecule has 1 N–H and O–H groups in total. The number of carbonyl (C=O) groups excluding carboxylic acids is 2. The number of morpholine rings is 1. The molecule has 1 aliphatic rings. The number of thiophene rings is 1. The number of nitrogens with one attached hydrogen (secondary N) is 1. The van der Waals surface area contributed by atoms with Gasteiger partial charge in [-0.1, -0.05) is 42.5 Å². The standard InChI is InChI=1S/C26H29N3O3S/c1-18-8-7-11-22(19(18)2)27-24(30)17-28(3)25(31)23-16-21(20-9-5-4-6-10-20)26(33-23)29-12-14-32-15-13-29/h4-11,16H,12-15,17H2,1-3H3,(H,27,30). The van der Waals surface area contributed by atoms with Crippen LogP contribution in [0.2, 0.25) is 0 Å². The highest BCUT2D eigenvalue weighted by Gasteiger charge is 2.24. The summed E-state index contributed by atoms with van der Waals surface area (Å²) in [5.74, 6) is -0.374. The molecule has 1 fully saturated rings. The molecule has 2 heterocycles. The zero-order valence-electron chi connectivity index (χ0n) is 19.3. The van der Waals surface area contributed by atoms with Crippen LogP contribution in [-0.4, -0.2) is 56.6 Å². The van der Waals surface area contributed by atoms with Crippen LogP contribution in [0, 0.1) is 13.8 Å². The molecular weight excluding hydrogens is 434 g/mol. The Morgan fingerprint density at radius 3 is 2.52 bits per heavy atom. The quantitative estimate of drug-likeness (QED) is 0.581. The van der Waals surface area contributed by atoms with Gasteiger partial charge in [-0.3, -0.25) is 9.59 Å². The molecule has 1 aliphatic heterocycles. The maximum absolute atomic E-state index is 13.2. The van der Waals surface area contributed by atoms with E-state index in [9.17, 15) is 9.59 Å². The van der Waals surface area contributed by atoms with Crippen molar-refractivity contribution in [3.63, 3.8) is 0 Å². The molecule has 0 unspecified atom stereocenters. The van der Waals surface area contributed by atoms with Crippen LogP contribution in [0.1, 0.15) is 20.8 Å². The molecule has 4 rings (SSSR count). The molecule has 6 nitrogen and oxygen atoms in total. The number of amides is 2. The topological polar surface area (TPSA) is 61.9 Å². The lowest BCUT2D eigenvalue weighted by atomic mass is 10.1. The summed E-state index contributed by atoms with van der Waals surface area (Å²) >= 11 is 1.48. The van der Waals surface area contributed by atoms with E-state index in [1.54, 1.807) is 7.05 Å². The van der Waals surface area contributed by atoms with Crippen LogP contribution < -0.4 is 10.2 Å². The SMILES string of the molecule is Cc1cccc(NC(=O)CN(C)C(=O)c2cc(-c3ccccc3)c(N3CCOCC3)s2)c1C. The minimum atomic E-state index is -0.215. The highest BCUT2D eigenvalue weighted by Crippen LogP contribution is 2.39. The van der Waals surface area contributed by atoms with Gasteiger partial charge in [-0.2, -0.15) is 0 Å². The van der Waals surface area contributed by atoms with Crippen LogP contribution in [0.15, 0.2) is 54.6 Å². The Morgan fingerprint density at radius 1 is 1.06 bits per heavy atom. The van der Waals surface area contributed by atoms with Gasteiger partial charge in [-0.15, -0.1) is 11.3 Å². The van der Waals surface area contributed by atoms with Crippen molar-refractivity contribution in [1.29, 1.82) is 0 Å². The van der Waals surface area contributed by atoms with Crippen molar-refractivity contribution in [3.8, 4) is 11.1 Å². The first-order valence-electron chi connectivity index (χ1n) is 11.1. The highest BCUT2D eigenvalue weighted by molar-refractivity contribution is 7.18. The summed E-state index contributed by atoms with van der Waals surface area (Å²) in [4.78, 5) is 30.3. The van der Waals surface area contributed by atoms with Crippen molar-refractivity contribution in [2.75, 3.05) is 50.1 Å². The second kappa shape index (κ2) is 10.2. The van der Waals surface area contributed by atoms with Crippen molar-refractivity contribution >= 4 is 33.8 Å². The van der Waals surface area contributed by atoms with Gasteiger partial charge in [0.05, 0.1) is 29.6 Å². The van der Waals surface area contributed by atoms with E-state index in [4.69, 9.17) is 4.74 Å². The first kappa shape index (κ1) is 23.0. The molecule has 0 saturated carbocycles. The summed E-state index contributed by atoms with van der Waals surface area (Å²) in [6, 6.07) is 17.9. The van der Waals surface area contributed by atoms with E-state index in [1.165, 1.54) is 16.2 Å². The maximum atomic E-state index is 13.2. The van der Waals surface area contributed by atoms with E-state index in [1.807, 2.05) is 56.3 Å². The molecule has 7 heteroatoms. The van der Waals surface area contributed by atoms with E-state index in [0.29, 0.717) is 18.1 Å². The van der Waals surface area contributed by atoms with Gasteiger partial charge in [-0.25, -0.2) is 0 Å². The third kappa shape index (κ3) is 5.26. The fourth-order valence-corrected chi connectivity index (χ4v) is 5.09. The van der Waals surface area contributed by atoms with Gasteiger partial charge in [0.25, 0.3) is 5.91 Å². The van der Waals surface area contributed by atoms with E-state index < -0.39 is 0 Å². The number of rotatable bonds is 6. The van der Waals surface area contributed by atoms with Gasteiger partial charge < -0.3 is 19.9 Å². The molecule has 172 valence electrons. The lowest BCUT2D eigenvalue weighted by molar-refractivity contribution is -0.116. The molecule has 0 atom stereocenters. The molecule has 33 heavy (non-hydrogen) atoms. The van der Waals surface area contributed by atoms with Gasteiger partial charge in [0.1, 0.15) is 0 Å². The first-order chi connectivity index (χ1) is 15.9. The molecule has 2 aromatic carbocycles. The Morgan fingerprint density at radius 2 is 1.79 bits per heavy atom. The highest BCUT2D eigenvalue weighted by atomic mass is 32.1. The van der Waals surface area contributed by atoms with Crippen molar-refractivity contribution in [3.05, 3.63) is 70.6 Å². The van der Waals surface area contributed by atoms with Gasteiger partial charge in [0, 0.05) is 31.4 Å². The number of hydrogen-bond acceptors (Lipinski definition) is 5. The monoisotopic (exact) mass is 463 g/mol. The molecule has 0 spiro atoms. The Kier molecular flexibility index (Phi) is 7.11. The summed E-state index contributed by atoms with van der Waals surface area (Å²) in [6.07, 6.45) is 0. The molecule has 2 amide bonds. The summed E-state index contributed by atoms with van der Waals surface area (Å²) < 4.78 is 5.51. The number of nitrogens with zero attached hydrogens (tertiary/aromatic N) is 2.